The number of halogens is 2. The van der Waals surface area contributed by atoms with E-state index >= 15 is 0 Å². The van der Waals surface area contributed by atoms with E-state index in [0.29, 0.717) is 0 Å². The van der Waals surface area contributed by atoms with Crippen molar-refractivity contribution in [2.75, 3.05) is 6.61 Å². The molecule has 0 aliphatic rings. The van der Waals surface area contributed by atoms with E-state index in [1.54, 1.807) is 0 Å². The number of ether oxygens (including phenoxy) is 1. The van der Waals surface area contributed by atoms with E-state index in [2.05, 4.69) is 4.74 Å². The van der Waals surface area contributed by atoms with Crippen LogP contribution in [-0.2, 0) is 15.2 Å². The first kappa shape index (κ1) is 12.1. The number of alkyl halides is 1. The molecule has 1 aromatic carbocycles. The van der Waals surface area contributed by atoms with Crippen LogP contribution in [0.4, 0.5) is 8.78 Å². The fourth-order valence-corrected chi connectivity index (χ4v) is 1.16. The number of benzene rings is 1. The van der Waals surface area contributed by atoms with Gasteiger partial charge in [-0.2, -0.15) is 5.26 Å². The molecule has 1 aromatic rings. The second kappa shape index (κ2) is 4.71. The van der Waals surface area contributed by atoms with Crippen molar-refractivity contribution < 1.29 is 18.3 Å². The molecule has 0 N–H and O–H groups in total. The number of carbonyl (C=O) groups is 1. The van der Waals surface area contributed by atoms with Gasteiger partial charge < -0.3 is 4.74 Å². The Balaban J connectivity index is 3.16. The Morgan fingerprint density at radius 1 is 1.62 bits per heavy atom. The summed E-state index contributed by atoms with van der Waals surface area (Å²) in [5, 5.41) is 8.68. The highest BCUT2D eigenvalue weighted by Crippen LogP contribution is 2.27. The first-order valence-electron chi connectivity index (χ1n) is 4.58. The predicted octanol–water partition coefficient (Wildman–Crippen LogP) is 2.08. The van der Waals surface area contributed by atoms with Crippen molar-refractivity contribution in [2.45, 2.75) is 12.6 Å². The minimum Gasteiger partial charge on any atom is -0.463 e. The van der Waals surface area contributed by atoms with Gasteiger partial charge in [-0.05, 0) is 19.1 Å². The smallest absolute Gasteiger partial charge is 0.363 e. The van der Waals surface area contributed by atoms with E-state index in [-0.39, 0.29) is 12.2 Å². The number of hydrogen-bond acceptors (Lipinski definition) is 3. The molecule has 1 atom stereocenters. The van der Waals surface area contributed by atoms with Crippen LogP contribution in [-0.4, -0.2) is 12.6 Å². The van der Waals surface area contributed by atoms with E-state index < -0.39 is 17.5 Å². The van der Waals surface area contributed by atoms with Crippen LogP contribution in [0.25, 0.3) is 0 Å². The maximum Gasteiger partial charge on any atom is 0.363 e. The molecule has 0 bridgehead atoms. The van der Waals surface area contributed by atoms with Crippen LogP contribution in [0.15, 0.2) is 24.3 Å². The van der Waals surface area contributed by atoms with E-state index in [9.17, 15) is 13.6 Å². The number of carbonyl (C=O) groups excluding carboxylic acids is 1. The zero-order valence-corrected chi connectivity index (χ0v) is 8.54. The van der Waals surface area contributed by atoms with Crippen LogP contribution >= 0.6 is 0 Å². The molecule has 0 saturated heterocycles. The van der Waals surface area contributed by atoms with Crippen LogP contribution < -0.4 is 0 Å². The van der Waals surface area contributed by atoms with E-state index in [0.717, 1.165) is 18.2 Å². The van der Waals surface area contributed by atoms with Crippen molar-refractivity contribution in [1.82, 2.24) is 0 Å². The first-order chi connectivity index (χ1) is 7.54. The Morgan fingerprint density at radius 3 is 2.81 bits per heavy atom. The second-order valence-corrected chi connectivity index (χ2v) is 3.00. The summed E-state index contributed by atoms with van der Waals surface area (Å²) < 4.78 is 31.3. The van der Waals surface area contributed by atoms with Crippen LogP contribution in [0, 0.1) is 17.1 Å². The van der Waals surface area contributed by atoms with Gasteiger partial charge >= 0.3 is 11.6 Å². The molecule has 16 heavy (non-hydrogen) atoms. The lowest BCUT2D eigenvalue weighted by atomic mass is 9.97. The minimum atomic E-state index is -2.96. The largest absolute Gasteiger partial charge is 0.463 e. The minimum absolute atomic E-state index is 0.0541. The third kappa shape index (κ3) is 2.16. The van der Waals surface area contributed by atoms with Crippen molar-refractivity contribution in [3.63, 3.8) is 0 Å². The zero-order chi connectivity index (χ0) is 12.2. The van der Waals surface area contributed by atoms with Gasteiger partial charge in [0.15, 0.2) is 0 Å². The first-order valence-corrected chi connectivity index (χ1v) is 4.58. The number of nitrogens with zero attached hydrogens (tertiary/aromatic N) is 1. The van der Waals surface area contributed by atoms with Crippen LogP contribution in [0.1, 0.15) is 12.5 Å². The molecular formula is C11H9F2NO2. The molecule has 0 fully saturated rings. The van der Waals surface area contributed by atoms with Crippen molar-refractivity contribution >= 4 is 5.97 Å². The van der Waals surface area contributed by atoms with Crippen molar-refractivity contribution in [2.24, 2.45) is 0 Å². The van der Waals surface area contributed by atoms with Gasteiger partial charge in [-0.1, -0.05) is 12.1 Å². The average molecular weight is 225 g/mol. The van der Waals surface area contributed by atoms with Gasteiger partial charge in [-0.3, -0.25) is 0 Å². The predicted molar refractivity (Wildman–Crippen MR) is 51.4 cm³/mol. The third-order valence-electron chi connectivity index (χ3n) is 1.93. The van der Waals surface area contributed by atoms with Gasteiger partial charge in [-0.25, -0.2) is 13.6 Å². The lowest BCUT2D eigenvalue weighted by Crippen LogP contribution is -2.31. The monoisotopic (exact) mass is 225 g/mol. The second-order valence-electron chi connectivity index (χ2n) is 3.00. The Labute approximate surface area is 91.3 Å². The molecule has 3 nitrogen and oxygen atoms in total. The standard InChI is InChI=1S/C11H9F2NO2/c1-2-16-10(15)11(13,7-14)8-4-3-5-9(12)6-8/h3-6H,2H2,1H3. The molecule has 5 heteroatoms. The molecule has 0 aliphatic carbocycles. The van der Waals surface area contributed by atoms with Crippen molar-refractivity contribution in [3.8, 4) is 6.07 Å². The molecule has 1 unspecified atom stereocenters. The van der Waals surface area contributed by atoms with Gasteiger partial charge in [0.1, 0.15) is 11.9 Å². The van der Waals surface area contributed by atoms with Crippen molar-refractivity contribution in [3.05, 3.63) is 35.6 Å². The van der Waals surface area contributed by atoms with Gasteiger partial charge in [0.2, 0.25) is 0 Å². The highest BCUT2D eigenvalue weighted by atomic mass is 19.1. The number of esters is 1. The summed E-state index contributed by atoms with van der Waals surface area (Å²) in [5.41, 5.74) is -3.33. The van der Waals surface area contributed by atoms with E-state index in [4.69, 9.17) is 5.26 Å². The van der Waals surface area contributed by atoms with Crippen LogP contribution in [0.3, 0.4) is 0 Å². The Kier molecular flexibility index (Phi) is 3.56. The molecule has 0 aliphatic heterocycles. The molecule has 0 radical (unpaired) electrons. The third-order valence-corrected chi connectivity index (χ3v) is 1.93. The molecule has 1 rings (SSSR count). The molecule has 0 saturated carbocycles. The fourth-order valence-electron chi connectivity index (χ4n) is 1.16. The van der Waals surface area contributed by atoms with E-state index in [1.807, 2.05) is 0 Å². The van der Waals surface area contributed by atoms with Gasteiger partial charge in [0, 0.05) is 5.56 Å². The maximum absolute atomic E-state index is 14.0. The number of nitriles is 1. The quantitative estimate of drug-likeness (QED) is 0.740. The summed E-state index contributed by atoms with van der Waals surface area (Å²) in [7, 11) is 0. The van der Waals surface area contributed by atoms with Crippen LogP contribution in [0.2, 0.25) is 0 Å². The summed E-state index contributed by atoms with van der Waals surface area (Å²) in [4.78, 5) is 11.3. The highest BCUT2D eigenvalue weighted by molar-refractivity contribution is 5.84. The normalized spacial score (nSPS) is 13.6. The number of hydrogen-bond donors (Lipinski definition) is 0. The topological polar surface area (TPSA) is 50.1 Å². The summed E-state index contributed by atoms with van der Waals surface area (Å²) in [6, 6.07) is 5.45. The SMILES string of the molecule is CCOC(=O)C(F)(C#N)c1cccc(F)c1. The Bertz CT molecular complexity index is 442. The van der Waals surface area contributed by atoms with Gasteiger partial charge in [0.05, 0.1) is 6.61 Å². The number of rotatable bonds is 3. The lowest BCUT2D eigenvalue weighted by Gasteiger charge is -2.15. The van der Waals surface area contributed by atoms with E-state index in [1.165, 1.54) is 19.1 Å². The van der Waals surface area contributed by atoms with Crippen molar-refractivity contribution in [1.29, 1.82) is 5.26 Å². The summed E-state index contributed by atoms with van der Waals surface area (Å²) in [5.74, 6) is -2.05. The molecule has 0 heterocycles. The summed E-state index contributed by atoms with van der Waals surface area (Å²) in [6.45, 7) is 1.43. The average Bonchev–Trinajstić information content (AvgIpc) is 2.28. The maximum atomic E-state index is 14.0. The lowest BCUT2D eigenvalue weighted by molar-refractivity contribution is -0.154. The molecule has 0 aromatic heterocycles. The molecular weight excluding hydrogens is 216 g/mol. The molecule has 0 spiro atoms. The summed E-state index contributed by atoms with van der Waals surface area (Å²) in [6.07, 6.45) is 0. The zero-order valence-electron chi connectivity index (χ0n) is 8.54. The molecule has 0 amide bonds. The Morgan fingerprint density at radius 2 is 2.31 bits per heavy atom. The summed E-state index contributed by atoms with van der Waals surface area (Å²) >= 11 is 0. The van der Waals surface area contributed by atoms with Gasteiger partial charge in [0.25, 0.3) is 0 Å². The van der Waals surface area contributed by atoms with Crippen LogP contribution in [0.5, 0.6) is 0 Å². The highest BCUT2D eigenvalue weighted by Gasteiger charge is 2.43. The fraction of sp³-hybridized carbons (Fsp3) is 0.273. The van der Waals surface area contributed by atoms with Gasteiger partial charge in [-0.15, -0.1) is 0 Å². The molecule has 84 valence electrons. The Hall–Kier alpha value is -1.96.